The topological polar surface area (TPSA) is 32.7 Å². The first-order valence-electron chi connectivity index (χ1n) is 6.34. The first kappa shape index (κ1) is 12.4. The van der Waals surface area contributed by atoms with E-state index in [1.165, 1.54) is 19.3 Å². The van der Waals surface area contributed by atoms with E-state index in [0.29, 0.717) is 0 Å². The van der Waals surface area contributed by atoms with Gasteiger partial charge in [0.2, 0.25) is 0 Å². The van der Waals surface area contributed by atoms with Crippen LogP contribution in [0.25, 0.3) is 0 Å². The van der Waals surface area contributed by atoms with E-state index in [0.717, 1.165) is 24.4 Å². The van der Waals surface area contributed by atoms with Crippen LogP contribution in [0, 0.1) is 0 Å². The molecule has 0 saturated carbocycles. The lowest BCUT2D eigenvalue weighted by Gasteiger charge is -2.34. The first-order valence-corrected chi connectivity index (χ1v) is 6.34. The maximum absolute atomic E-state index is 9.65. The molecule has 1 atom stereocenters. The molecule has 1 aromatic rings. The van der Waals surface area contributed by atoms with E-state index in [-0.39, 0.29) is 12.6 Å². The number of methoxy groups -OCH3 is 1. The number of aliphatic hydroxyl groups is 1. The minimum atomic E-state index is 0.0754. The third kappa shape index (κ3) is 2.79. The van der Waals surface area contributed by atoms with Crippen LogP contribution in [0.15, 0.2) is 24.3 Å². The zero-order valence-corrected chi connectivity index (χ0v) is 10.4. The molecule has 2 rings (SSSR count). The number of likely N-dealkylation sites (tertiary alicyclic amines) is 1. The highest BCUT2D eigenvalue weighted by Gasteiger charge is 2.23. The monoisotopic (exact) mass is 235 g/mol. The standard InChI is InChI=1S/C14H21NO2/c1-17-14-8-4-3-7-12(14)13(11-16)15-9-5-2-6-10-15/h3-4,7-8,13,16H,2,5-6,9-11H2,1H3/t13-/m1/s1. The molecule has 0 unspecified atom stereocenters. The molecule has 0 amide bonds. The molecule has 1 aliphatic rings. The van der Waals surface area contributed by atoms with E-state index in [1.54, 1.807) is 7.11 Å². The van der Waals surface area contributed by atoms with Gasteiger partial charge >= 0.3 is 0 Å². The van der Waals surface area contributed by atoms with Crippen molar-refractivity contribution in [2.75, 3.05) is 26.8 Å². The van der Waals surface area contributed by atoms with Crippen molar-refractivity contribution in [1.29, 1.82) is 0 Å². The van der Waals surface area contributed by atoms with Crippen molar-refractivity contribution in [3.8, 4) is 5.75 Å². The van der Waals surface area contributed by atoms with Crippen molar-refractivity contribution in [2.45, 2.75) is 25.3 Å². The molecule has 0 aliphatic carbocycles. The molecule has 3 heteroatoms. The number of aliphatic hydroxyl groups excluding tert-OH is 1. The summed E-state index contributed by atoms with van der Waals surface area (Å²) < 4.78 is 5.38. The van der Waals surface area contributed by atoms with Crippen LogP contribution in [-0.4, -0.2) is 36.8 Å². The quantitative estimate of drug-likeness (QED) is 0.868. The number of nitrogens with zero attached hydrogens (tertiary/aromatic N) is 1. The molecule has 94 valence electrons. The fraction of sp³-hybridized carbons (Fsp3) is 0.571. The number of ether oxygens (including phenoxy) is 1. The van der Waals surface area contributed by atoms with Gasteiger partial charge < -0.3 is 9.84 Å². The number of rotatable bonds is 4. The second-order valence-electron chi connectivity index (χ2n) is 4.54. The summed E-state index contributed by atoms with van der Waals surface area (Å²) in [5.74, 6) is 0.872. The van der Waals surface area contributed by atoms with Gasteiger partial charge in [0.05, 0.1) is 19.8 Å². The van der Waals surface area contributed by atoms with Crippen LogP contribution in [0.2, 0.25) is 0 Å². The van der Waals surface area contributed by atoms with Gasteiger partial charge in [-0.15, -0.1) is 0 Å². The molecule has 1 saturated heterocycles. The van der Waals surface area contributed by atoms with Gasteiger partial charge in [-0.1, -0.05) is 24.6 Å². The van der Waals surface area contributed by atoms with Gasteiger partial charge in [0.1, 0.15) is 5.75 Å². The van der Waals surface area contributed by atoms with Crippen molar-refractivity contribution in [2.24, 2.45) is 0 Å². The Hall–Kier alpha value is -1.06. The summed E-state index contributed by atoms with van der Waals surface area (Å²) in [5.41, 5.74) is 1.10. The van der Waals surface area contributed by atoms with Crippen LogP contribution < -0.4 is 4.74 Å². The fourth-order valence-electron chi connectivity index (χ4n) is 2.58. The van der Waals surface area contributed by atoms with Crippen LogP contribution in [-0.2, 0) is 0 Å². The molecule has 17 heavy (non-hydrogen) atoms. The Morgan fingerprint density at radius 2 is 1.94 bits per heavy atom. The predicted octanol–water partition coefficient (Wildman–Crippen LogP) is 2.21. The van der Waals surface area contributed by atoms with Crippen molar-refractivity contribution in [3.05, 3.63) is 29.8 Å². The van der Waals surface area contributed by atoms with Gasteiger partial charge in [-0.05, 0) is 32.0 Å². The average molecular weight is 235 g/mol. The number of hydrogen-bond acceptors (Lipinski definition) is 3. The third-order valence-corrected chi connectivity index (χ3v) is 3.50. The van der Waals surface area contributed by atoms with Crippen LogP contribution in [0.5, 0.6) is 5.75 Å². The van der Waals surface area contributed by atoms with Gasteiger partial charge in [0, 0.05) is 5.56 Å². The zero-order valence-electron chi connectivity index (χ0n) is 10.4. The van der Waals surface area contributed by atoms with E-state index in [2.05, 4.69) is 4.90 Å². The summed E-state index contributed by atoms with van der Waals surface area (Å²) in [6.07, 6.45) is 3.76. The van der Waals surface area contributed by atoms with E-state index >= 15 is 0 Å². The molecule has 1 heterocycles. The Kier molecular flexibility index (Phi) is 4.40. The number of benzene rings is 1. The number of para-hydroxylation sites is 1. The highest BCUT2D eigenvalue weighted by atomic mass is 16.5. The smallest absolute Gasteiger partial charge is 0.123 e. The van der Waals surface area contributed by atoms with E-state index in [4.69, 9.17) is 4.74 Å². The van der Waals surface area contributed by atoms with Crippen LogP contribution in [0.3, 0.4) is 0 Å². The summed E-state index contributed by atoms with van der Waals surface area (Å²) in [5, 5.41) is 9.65. The van der Waals surface area contributed by atoms with Gasteiger partial charge in [0.15, 0.2) is 0 Å². The van der Waals surface area contributed by atoms with Gasteiger partial charge in [-0.3, -0.25) is 4.90 Å². The molecule has 0 spiro atoms. The highest BCUT2D eigenvalue weighted by Crippen LogP contribution is 2.30. The predicted molar refractivity (Wildman–Crippen MR) is 68.2 cm³/mol. The summed E-state index contributed by atoms with van der Waals surface area (Å²) in [7, 11) is 1.68. The van der Waals surface area contributed by atoms with E-state index in [9.17, 15) is 5.11 Å². The lowest BCUT2D eigenvalue weighted by atomic mass is 10.0. The minimum Gasteiger partial charge on any atom is -0.496 e. The second kappa shape index (κ2) is 6.03. The lowest BCUT2D eigenvalue weighted by molar-refractivity contribution is 0.102. The van der Waals surface area contributed by atoms with Crippen LogP contribution in [0.1, 0.15) is 30.9 Å². The highest BCUT2D eigenvalue weighted by molar-refractivity contribution is 5.36. The summed E-state index contributed by atoms with van der Waals surface area (Å²) in [4.78, 5) is 2.36. The Bertz CT molecular complexity index is 348. The zero-order chi connectivity index (χ0) is 12.1. The molecule has 1 fully saturated rings. The molecule has 1 aliphatic heterocycles. The molecule has 0 radical (unpaired) electrons. The van der Waals surface area contributed by atoms with Crippen molar-refractivity contribution >= 4 is 0 Å². The Morgan fingerprint density at radius 3 is 2.59 bits per heavy atom. The number of hydrogen-bond donors (Lipinski definition) is 1. The molecule has 0 aromatic heterocycles. The second-order valence-corrected chi connectivity index (χ2v) is 4.54. The van der Waals surface area contributed by atoms with Crippen molar-refractivity contribution < 1.29 is 9.84 Å². The molecule has 0 bridgehead atoms. The molecule has 1 N–H and O–H groups in total. The van der Waals surface area contributed by atoms with Gasteiger partial charge in [-0.25, -0.2) is 0 Å². The Balaban J connectivity index is 2.21. The fourth-order valence-corrected chi connectivity index (χ4v) is 2.58. The van der Waals surface area contributed by atoms with E-state index < -0.39 is 0 Å². The molecule has 3 nitrogen and oxygen atoms in total. The molecular weight excluding hydrogens is 214 g/mol. The molecular formula is C14H21NO2. The van der Waals surface area contributed by atoms with Gasteiger partial charge in [0.25, 0.3) is 0 Å². The number of piperidine rings is 1. The first-order chi connectivity index (χ1) is 8.36. The summed E-state index contributed by atoms with van der Waals surface area (Å²) >= 11 is 0. The van der Waals surface area contributed by atoms with Gasteiger partial charge in [-0.2, -0.15) is 0 Å². The maximum Gasteiger partial charge on any atom is 0.123 e. The normalized spacial score (nSPS) is 18.9. The third-order valence-electron chi connectivity index (χ3n) is 3.50. The van der Waals surface area contributed by atoms with Crippen molar-refractivity contribution in [1.82, 2.24) is 4.90 Å². The Morgan fingerprint density at radius 1 is 1.24 bits per heavy atom. The SMILES string of the molecule is COc1ccccc1[C@@H](CO)N1CCCCC1. The lowest BCUT2D eigenvalue weighted by Crippen LogP contribution is -2.35. The summed E-state index contributed by atoms with van der Waals surface area (Å²) in [6.45, 7) is 2.30. The molecule has 1 aromatic carbocycles. The van der Waals surface area contributed by atoms with Crippen molar-refractivity contribution in [3.63, 3.8) is 0 Å². The maximum atomic E-state index is 9.65. The van der Waals surface area contributed by atoms with Crippen LogP contribution in [0.4, 0.5) is 0 Å². The van der Waals surface area contributed by atoms with E-state index in [1.807, 2.05) is 24.3 Å². The largest absolute Gasteiger partial charge is 0.496 e. The Labute approximate surface area is 103 Å². The van der Waals surface area contributed by atoms with Crippen LogP contribution >= 0.6 is 0 Å². The average Bonchev–Trinajstić information content (AvgIpc) is 2.41. The summed E-state index contributed by atoms with van der Waals surface area (Å²) in [6, 6.07) is 8.06. The minimum absolute atomic E-state index is 0.0754.